The third-order valence-corrected chi connectivity index (χ3v) is 4.34. The Bertz CT molecular complexity index is 396. The molecule has 0 amide bonds. The maximum atomic E-state index is 4.29. The molecule has 2 heterocycles. The monoisotopic (exact) mass is 248 g/mol. The minimum atomic E-state index is 0.656. The van der Waals surface area contributed by atoms with Gasteiger partial charge in [-0.15, -0.1) is 0 Å². The smallest absolute Gasteiger partial charge is 0.0951 e. The van der Waals surface area contributed by atoms with Crippen molar-refractivity contribution in [2.45, 2.75) is 44.8 Å². The van der Waals surface area contributed by atoms with Crippen LogP contribution in [0.5, 0.6) is 0 Å². The first kappa shape index (κ1) is 12.2. The van der Waals surface area contributed by atoms with E-state index in [-0.39, 0.29) is 0 Å². The zero-order valence-corrected chi connectivity index (χ0v) is 11.5. The molecule has 0 radical (unpaired) electrons. The number of hydrogen-bond acceptors (Lipinski definition) is 3. The van der Waals surface area contributed by atoms with Crippen LogP contribution >= 0.6 is 0 Å². The van der Waals surface area contributed by atoms with Gasteiger partial charge in [-0.3, -0.25) is 0 Å². The Labute approximate surface area is 109 Å². The van der Waals surface area contributed by atoms with Crippen molar-refractivity contribution in [1.82, 2.24) is 19.8 Å². The number of imidazole rings is 1. The third kappa shape index (κ3) is 2.59. The number of likely N-dealkylation sites (tertiary alicyclic amines) is 1. The largest absolute Gasteiger partial charge is 0.330 e. The third-order valence-electron chi connectivity index (χ3n) is 4.34. The van der Waals surface area contributed by atoms with E-state index in [9.17, 15) is 0 Å². The van der Waals surface area contributed by atoms with Gasteiger partial charge in [0, 0.05) is 31.4 Å². The van der Waals surface area contributed by atoms with Gasteiger partial charge in [-0.2, -0.15) is 0 Å². The Balaban J connectivity index is 1.55. The lowest BCUT2D eigenvalue weighted by Crippen LogP contribution is -2.46. The summed E-state index contributed by atoms with van der Waals surface area (Å²) in [6.07, 6.45) is 7.93. The molecule has 18 heavy (non-hydrogen) atoms. The Hall–Kier alpha value is -0.870. The van der Waals surface area contributed by atoms with Crippen LogP contribution in [0.2, 0.25) is 0 Å². The fraction of sp³-hybridized carbons (Fsp3) is 0.786. The minimum Gasteiger partial charge on any atom is -0.330 e. The van der Waals surface area contributed by atoms with E-state index < -0.39 is 0 Å². The molecule has 3 rings (SSSR count). The summed E-state index contributed by atoms with van der Waals surface area (Å²) in [6, 6.07) is 1.39. The normalized spacial score (nSPS) is 29.7. The molecule has 4 nitrogen and oxygen atoms in total. The van der Waals surface area contributed by atoms with E-state index in [1.807, 2.05) is 12.5 Å². The van der Waals surface area contributed by atoms with Crippen molar-refractivity contribution in [1.29, 1.82) is 0 Å². The lowest BCUT2D eigenvalue weighted by Gasteiger charge is -2.35. The highest BCUT2D eigenvalue weighted by Crippen LogP contribution is 2.35. The van der Waals surface area contributed by atoms with Gasteiger partial charge in [-0.25, -0.2) is 4.98 Å². The van der Waals surface area contributed by atoms with Crippen molar-refractivity contribution >= 4 is 0 Å². The second-order valence-electron chi connectivity index (χ2n) is 6.04. The fourth-order valence-electron chi connectivity index (χ4n) is 3.04. The van der Waals surface area contributed by atoms with Gasteiger partial charge in [0.25, 0.3) is 0 Å². The molecule has 1 aliphatic heterocycles. The Kier molecular flexibility index (Phi) is 3.39. The summed E-state index contributed by atoms with van der Waals surface area (Å²) in [5.41, 5.74) is 1.35. The Morgan fingerprint density at radius 1 is 1.39 bits per heavy atom. The zero-order chi connectivity index (χ0) is 12.5. The van der Waals surface area contributed by atoms with Crippen molar-refractivity contribution in [2.75, 3.05) is 20.1 Å². The van der Waals surface area contributed by atoms with E-state index in [1.54, 1.807) is 0 Å². The van der Waals surface area contributed by atoms with Crippen molar-refractivity contribution in [3.05, 3.63) is 18.2 Å². The molecule has 1 saturated carbocycles. The molecular weight excluding hydrogens is 224 g/mol. The van der Waals surface area contributed by atoms with Gasteiger partial charge in [-0.1, -0.05) is 6.92 Å². The number of rotatable bonds is 4. The second-order valence-corrected chi connectivity index (χ2v) is 6.04. The van der Waals surface area contributed by atoms with E-state index in [4.69, 9.17) is 0 Å². The van der Waals surface area contributed by atoms with Gasteiger partial charge in [0.2, 0.25) is 0 Å². The quantitative estimate of drug-likeness (QED) is 0.879. The molecule has 2 fully saturated rings. The minimum absolute atomic E-state index is 0.656. The summed E-state index contributed by atoms with van der Waals surface area (Å²) >= 11 is 0. The standard InChI is InChI=1S/C14H24N4/c1-11-9-17(2)6-5-14(11)16-8-13-7-15-10-18(13)12-3-4-12/h7,10-12,14,16H,3-6,8-9H2,1-2H3. The van der Waals surface area contributed by atoms with Gasteiger partial charge in [0.1, 0.15) is 0 Å². The van der Waals surface area contributed by atoms with Gasteiger partial charge >= 0.3 is 0 Å². The molecule has 0 spiro atoms. The molecule has 2 atom stereocenters. The van der Waals surface area contributed by atoms with Crippen LogP contribution in [0.3, 0.4) is 0 Å². The molecule has 2 unspecified atom stereocenters. The summed E-state index contributed by atoms with van der Waals surface area (Å²) in [5.74, 6) is 0.737. The van der Waals surface area contributed by atoms with E-state index in [0.29, 0.717) is 6.04 Å². The average Bonchev–Trinajstić information content (AvgIpc) is 3.08. The van der Waals surface area contributed by atoms with Crippen LogP contribution in [0.1, 0.15) is 37.9 Å². The molecule has 0 bridgehead atoms. The first-order valence-corrected chi connectivity index (χ1v) is 7.16. The summed E-state index contributed by atoms with van der Waals surface area (Å²) in [4.78, 5) is 6.72. The van der Waals surface area contributed by atoms with Crippen LogP contribution in [0.15, 0.2) is 12.5 Å². The lowest BCUT2D eigenvalue weighted by atomic mass is 9.94. The van der Waals surface area contributed by atoms with Crippen LogP contribution in [-0.2, 0) is 6.54 Å². The molecule has 100 valence electrons. The van der Waals surface area contributed by atoms with Gasteiger partial charge in [0.05, 0.1) is 12.0 Å². The van der Waals surface area contributed by atoms with Gasteiger partial charge in [-0.05, 0) is 38.8 Å². The summed E-state index contributed by atoms with van der Waals surface area (Å²) in [7, 11) is 2.22. The lowest BCUT2D eigenvalue weighted by molar-refractivity contribution is 0.174. The number of aromatic nitrogens is 2. The topological polar surface area (TPSA) is 33.1 Å². The number of nitrogens with one attached hydrogen (secondary N) is 1. The molecule has 1 aromatic rings. The summed E-state index contributed by atoms with van der Waals surface area (Å²) in [6.45, 7) is 5.74. The second kappa shape index (κ2) is 5.02. The first-order valence-electron chi connectivity index (χ1n) is 7.16. The SMILES string of the molecule is CC1CN(C)CCC1NCc1cncn1C1CC1. The molecule has 1 N–H and O–H groups in total. The average molecular weight is 248 g/mol. The van der Waals surface area contributed by atoms with Crippen molar-refractivity contribution < 1.29 is 0 Å². The number of nitrogens with zero attached hydrogens (tertiary/aromatic N) is 3. The summed E-state index contributed by atoms with van der Waals surface area (Å²) in [5, 5.41) is 3.73. The predicted octanol–water partition coefficient (Wildman–Crippen LogP) is 1.65. The van der Waals surface area contributed by atoms with Crippen LogP contribution in [0, 0.1) is 5.92 Å². The fourth-order valence-corrected chi connectivity index (χ4v) is 3.04. The molecular formula is C14H24N4. The molecule has 4 heteroatoms. The molecule has 1 aromatic heterocycles. The van der Waals surface area contributed by atoms with Crippen molar-refractivity contribution in [3.8, 4) is 0 Å². The van der Waals surface area contributed by atoms with Crippen LogP contribution in [-0.4, -0.2) is 40.6 Å². The summed E-state index contributed by atoms with van der Waals surface area (Å²) < 4.78 is 2.35. The number of hydrogen-bond donors (Lipinski definition) is 1. The van der Waals surface area contributed by atoms with Gasteiger partial charge in [0.15, 0.2) is 0 Å². The predicted molar refractivity (Wildman–Crippen MR) is 72.4 cm³/mol. The van der Waals surface area contributed by atoms with Crippen LogP contribution < -0.4 is 5.32 Å². The van der Waals surface area contributed by atoms with E-state index in [0.717, 1.165) is 18.5 Å². The van der Waals surface area contributed by atoms with E-state index in [1.165, 1.54) is 38.0 Å². The maximum absolute atomic E-state index is 4.29. The molecule has 2 aliphatic rings. The number of piperidine rings is 1. The van der Waals surface area contributed by atoms with Crippen molar-refractivity contribution in [3.63, 3.8) is 0 Å². The molecule has 1 aliphatic carbocycles. The Morgan fingerprint density at radius 2 is 2.22 bits per heavy atom. The highest BCUT2D eigenvalue weighted by molar-refractivity contribution is 5.03. The highest BCUT2D eigenvalue weighted by Gasteiger charge is 2.27. The van der Waals surface area contributed by atoms with Crippen LogP contribution in [0.25, 0.3) is 0 Å². The van der Waals surface area contributed by atoms with Crippen LogP contribution in [0.4, 0.5) is 0 Å². The highest BCUT2D eigenvalue weighted by atomic mass is 15.1. The van der Waals surface area contributed by atoms with E-state index in [2.05, 4.69) is 33.7 Å². The van der Waals surface area contributed by atoms with Gasteiger partial charge < -0.3 is 14.8 Å². The first-order chi connectivity index (χ1) is 8.74. The Morgan fingerprint density at radius 3 is 2.94 bits per heavy atom. The maximum Gasteiger partial charge on any atom is 0.0951 e. The van der Waals surface area contributed by atoms with Crippen molar-refractivity contribution in [2.24, 2.45) is 5.92 Å². The molecule has 0 aromatic carbocycles. The van der Waals surface area contributed by atoms with E-state index >= 15 is 0 Å². The molecule has 1 saturated heterocycles. The zero-order valence-electron chi connectivity index (χ0n) is 11.5.